The molecule has 0 amide bonds. The number of nitrogen functional groups attached to an aromatic ring is 1. The monoisotopic (exact) mass is 324 g/mol. The highest BCUT2D eigenvalue weighted by Gasteiger charge is 2.09. The van der Waals surface area contributed by atoms with Crippen LogP contribution in [-0.4, -0.2) is 11.6 Å². The summed E-state index contributed by atoms with van der Waals surface area (Å²) < 4.78 is 5.48. The van der Waals surface area contributed by atoms with Gasteiger partial charge in [-0.25, -0.2) is 4.98 Å². The van der Waals surface area contributed by atoms with E-state index in [2.05, 4.69) is 37.4 Å². The third-order valence-corrected chi connectivity index (χ3v) is 4.75. The molecular weight excluding hydrogens is 304 g/mol. The maximum Gasteiger partial charge on any atom is 0.142 e. The molecule has 0 fully saturated rings. The van der Waals surface area contributed by atoms with Crippen LogP contribution in [0.1, 0.15) is 18.1 Å². The standard InChI is InChI=1S/C19H20N2OS/c1-4-22-18-8-7-15(10-16(18)20)19-21-17(11-23-19)14-6-5-12(2)13(3)9-14/h5-11H,4,20H2,1-3H3. The molecule has 23 heavy (non-hydrogen) atoms. The number of benzene rings is 2. The molecule has 2 aromatic carbocycles. The minimum absolute atomic E-state index is 0.609. The molecule has 1 aromatic heterocycles. The Hall–Kier alpha value is -2.33. The van der Waals surface area contributed by atoms with E-state index in [1.165, 1.54) is 11.1 Å². The van der Waals surface area contributed by atoms with Crippen molar-refractivity contribution in [2.24, 2.45) is 0 Å². The van der Waals surface area contributed by atoms with Gasteiger partial charge in [0, 0.05) is 16.5 Å². The van der Waals surface area contributed by atoms with Gasteiger partial charge in [-0.15, -0.1) is 11.3 Å². The van der Waals surface area contributed by atoms with E-state index in [1.54, 1.807) is 11.3 Å². The average molecular weight is 324 g/mol. The summed E-state index contributed by atoms with van der Waals surface area (Å²) in [5.41, 5.74) is 12.4. The Morgan fingerprint density at radius 2 is 1.83 bits per heavy atom. The van der Waals surface area contributed by atoms with Crippen LogP contribution in [-0.2, 0) is 0 Å². The van der Waals surface area contributed by atoms with Crippen LogP contribution in [0.15, 0.2) is 41.8 Å². The number of ether oxygens (including phenoxy) is 1. The molecule has 3 aromatic rings. The third kappa shape index (κ3) is 3.22. The Kier molecular flexibility index (Phi) is 4.35. The number of nitrogens with two attached hydrogens (primary N) is 1. The van der Waals surface area contributed by atoms with E-state index in [-0.39, 0.29) is 0 Å². The molecule has 4 heteroatoms. The molecule has 0 spiro atoms. The van der Waals surface area contributed by atoms with Gasteiger partial charge in [0.25, 0.3) is 0 Å². The minimum Gasteiger partial charge on any atom is -0.492 e. The maximum absolute atomic E-state index is 6.05. The number of hydrogen-bond donors (Lipinski definition) is 1. The maximum atomic E-state index is 6.05. The summed E-state index contributed by atoms with van der Waals surface area (Å²) in [4.78, 5) is 4.76. The molecule has 0 aliphatic carbocycles. The Balaban J connectivity index is 1.92. The molecule has 0 saturated heterocycles. The van der Waals surface area contributed by atoms with Gasteiger partial charge in [-0.2, -0.15) is 0 Å². The van der Waals surface area contributed by atoms with Gasteiger partial charge >= 0.3 is 0 Å². The van der Waals surface area contributed by atoms with Gasteiger partial charge in [0.15, 0.2) is 0 Å². The van der Waals surface area contributed by atoms with E-state index in [9.17, 15) is 0 Å². The van der Waals surface area contributed by atoms with E-state index in [1.807, 2.05) is 25.1 Å². The molecule has 0 bridgehead atoms. The topological polar surface area (TPSA) is 48.1 Å². The predicted octanol–water partition coefficient (Wildman–Crippen LogP) is 5.07. The highest BCUT2D eigenvalue weighted by atomic mass is 32.1. The summed E-state index contributed by atoms with van der Waals surface area (Å²) in [5.74, 6) is 0.724. The van der Waals surface area contributed by atoms with Gasteiger partial charge in [-0.05, 0) is 56.2 Å². The van der Waals surface area contributed by atoms with Crippen LogP contribution in [0.5, 0.6) is 5.75 Å². The van der Waals surface area contributed by atoms with Crippen molar-refractivity contribution in [3.63, 3.8) is 0 Å². The summed E-state index contributed by atoms with van der Waals surface area (Å²) in [6.07, 6.45) is 0. The van der Waals surface area contributed by atoms with E-state index in [0.29, 0.717) is 12.3 Å². The van der Waals surface area contributed by atoms with Crippen LogP contribution in [0.25, 0.3) is 21.8 Å². The summed E-state index contributed by atoms with van der Waals surface area (Å²) in [6, 6.07) is 12.3. The molecule has 0 atom stereocenters. The lowest BCUT2D eigenvalue weighted by Crippen LogP contribution is -1.96. The van der Waals surface area contributed by atoms with E-state index >= 15 is 0 Å². The zero-order chi connectivity index (χ0) is 16.4. The second-order valence-electron chi connectivity index (χ2n) is 5.52. The summed E-state index contributed by atoms with van der Waals surface area (Å²) >= 11 is 1.63. The summed E-state index contributed by atoms with van der Waals surface area (Å²) in [5, 5.41) is 3.06. The van der Waals surface area contributed by atoms with Gasteiger partial charge in [-0.3, -0.25) is 0 Å². The van der Waals surface area contributed by atoms with Crippen molar-refractivity contribution in [3.8, 4) is 27.6 Å². The van der Waals surface area contributed by atoms with E-state index in [4.69, 9.17) is 15.5 Å². The lowest BCUT2D eigenvalue weighted by molar-refractivity contribution is 0.342. The Bertz CT molecular complexity index is 839. The molecule has 0 saturated carbocycles. The van der Waals surface area contributed by atoms with Crippen LogP contribution >= 0.6 is 11.3 Å². The van der Waals surface area contributed by atoms with Crippen molar-refractivity contribution < 1.29 is 4.74 Å². The first-order chi connectivity index (χ1) is 11.1. The van der Waals surface area contributed by atoms with E-state index in [0.717, 1.165) is 27.6 Å². The van der Waals surface area contributed by atoms with Crippen molar-refractivity contribution in [1.29, 1.82) is 0 Å². The normalized spacial score (nSPS) is 10.7. The fraction of sp³-hybridized carbons (Fsp3) is 0.211. The van der Waals surface area contributed by atoms with Crippen molar-refractivity contribution in [2.45, 2.75) is 20.8 Å². The van der Waals surface area contributed by atoms with Crippen LogP contribution in [0.3, 0.4) is 0 Å². The SMILES string of the molecule is CCOc1ccc(-c2nc(-c3ccc(C)c(C)c3)cs2)cc1N. The first kappa shape index (κ1) is 15.6. The number of rotatable bonds is 4. The van der Waals surface area contributed by atoms with Gasteiger partial charge in [0.05, 0.1) is 18.0 Å². The smallest absolute Gasteiger partial charge is 0.142 e. The van der Waals surface area contributed by atoms with Crippen LogP contribution < -0.4 is 10.5 Å². The van der Waals surface area contributed by atoms with Gasteiger partial charge in [0.2, 0.25) is 0 Å². The van der Waals surface area contributed by atoms with Crippen molar-refractivity contribution in [1.82, 2.24) is 4.98 Å². The van der Waals surface area contributed by atoms with Crippen LogP contribution in [0.2, 0.25) is 0 Å². The summed E-state index contributed by atoms with van der Waals surface area (Å²) in [6.45, 7) is 6.80. The lowest BCUT2D eigenvalue weighted by Gasteiger charge is -2.07. The first-order valence-electron chi connectivity index (χ1n) is 7.64. The third-order valence-electron chi connectivity index (χ3n) is 3.86. The molecule has 0 aliphatic rings. The number of aromatic nitrogens is 1. The molecular formula is C19H20N2OS. The number of aryl methyl sites for hydroxylation is 2. The van der Waals surface area contributed by atoms with E-state index < -0.39 is 0 Å². The van der Waals surface area contributed by atoms with Gasteiger partial charge in [0.1, 0.15) is 10.8 Å². The first-order valence-corrected chi connectivity index (χ1v) is 8.52. The zero-order valence-corrected chi connectivity index (χ0v) is 14.4. The average Bonchev–Trinajstić information content (AvgIpc) is 3.02. The Morgan fingerprint density at radius 3 is 2.52 bits per heavy atom. The Morgan fingerprint density at radius 1 is 1.04 bits per heavy atom. The fourth-order valence-electron chi connectivity index (χ4n) is 2.41. The van der Waals surface area contributed by atoms with Crippen molar-refractivity contribution in [2.75, 3.05) is 12.3 Å². The second kappa shape index (κ2) is 6.42. The molecule has 0 unspecified atom stereocenters. The largest absolute Gasteiger partial charge is 0.492 e. The van der Waals surface area contributed by atoms with Crippen LogP contribution in [0, 0.1) is 13.8 Å². The molecule has 3 nitrogen and oxygen atoms in total. The molecule has 0 aliphatic heterocycles. The number of nitrogens with zero attached hydrogens (tertiary/aromatic N) is 1. The predicted molar refractivity (Wildman–Crippen MR) is 98.0 cm³/mol. The summed E-state index contributed by atoms with van der Waals surface area (Å²) in [7, 11) is 0. The highest BCUT2D eigenvalue weighted by molar-refractivity contribution is 7.13. The molecule has 0 radical (unpaired) electrons. The van der Waals surface area contributed by atoms with Gasteiger partial charge < -0.3 is 10.5 Å². The Labute approximate surface area is 140 Å². The minimum atomic E-state index is 0.609. The lowest BCUT2D eigenvalue weighted by atomic mass is 10.1. The van der Waals surface area contributed by atoms with Crippen LogP contribution in [0.4, 0.5) is 5.69 Å². The van der Waals surface area contributed by atoms with Crippen molar-refractivity contribution in [3.05, 3.63) is 52.9 Å². The number of anilines is 1. The van der Waals surface area contributed by atoms with Gasteiger partial charge in [-0.1, -0.05) is 12.1 Å². The molecule has 2 N–H and O–H groups in total. The number of thiazole rings is 1. The highest BCUT2D eigenvalue weighted by Crippen LogP contribution is 2.33. The number of hydrogen-bond acceptors (Lipinski definition) is 4. The zero-order valence-electron chi connectivity index (χ0n) is 13.6. The fourth-order valence-corrected chi connectivity index (χ4v) is 3.23. The quantitative estimate of drug-likeness (QED) is 0.681. The second-order valence-corrected chi connectivity index (χ2v) is 6.38. The van der Waals surface area contributed by atoms with Crippen molar-refractivity contribution >= 4 is 17.0 Å². The molecule has 3 rings (SSSR count). The molecule has 118 valence electrons. The molecule has 1 heterocycles.